The zero-order chi connectivity index (χ0) is 12.1. The molecule has 0 atom stereocenters. The molecule has 0 radical (unpaired) electrons. The second-order valence-electron chi connectivity index (χ2n) is 3.92. The molecule has 86 valence electrons. The number of hydrogen-bond donors (Lipinski definition) is 0. The predicted molar refractivity (Wildman–Crippen MR) is 66.4 cm³/mol. The summed E-state index contributed by atoms with van der Waals surface area (Å²) in [7, 11) is 0. The molecule has 0 heterocycles. The molecular formula is C14H13NO2. The van der Waals surface area contributed by atoms with Gasteiger partial charge in [-0.05, 0) is 17.5 Å². The first-order chi connectivity index (χ1) is 8.25. The van der Waals surface area contributed by atoms with Gasteiger partial charge in [0.15, 0.2) is 0 Å². The minimum atomic E-state index is -0.288. The minimum Gasteiger partial charge on any atom is -0.264 e. The van der Waals surface area contributed by atoms with Crippen molar-refractivity contribution in [2.75, 3.05) is 0 Å². The Morgan fingerprint density at radius 1 is 0.882 bits per heavy atom. The van der Waals surface area contributed by atoms with E-state index in [-0.39, 0.29) is 11.5 Å². The average Bonchev–Trinajstić information content (AvgIpc) is 2.32. The zero-order valence-corrected chi connectivity index (χ0v) is 9.37. The van der Waals surface area contributed by atoms with Gasteiger partial charge in [0, 0.05) is 10.5 Å². The van der Waals surface area contributed by atoms with E-state index in [1.807, 2.05) is 54.6 Å². The molecule has 17 heavy (non-hydrogen) atoms. The topological polar surface area (TPSA) is 43.1 Å². The Hall–Kier alpha value is -2.16. The minimum absolute atomic E-state index is 0.108. The summed E-state index contributed by atoms with van der Waals surface area (Å²) in [6.07, 6.45) is 0.741. The second-order valence-corrected chi connectivity index (χ2v) is 3.92. The highest BCUT2D eigenvalue weighted by Gasteiger charge is 2.07. The third-order valence-electron chi connectivity index (χ3n) is 2.66. The van der Waals surface area contributed by atoms with E-state index in [2.05, 4.69) is 0 Å². The highest BCUT2D eigenvalue weighted by molar-refractivity contribution is 5.32. The van der Waals surface area contributed by atoms with Crippen molar-refractivity contribution in [1.29, 1.82) is 0 Å². The average molecular weight is 227 g/mol. The standard InChI is InChI=1S/C14H13NO2/c16-15(17)11-14-9-5-4-8-13(14)10-12-6-2-1-3-7-12/h1-9H,10-11H2. The molecule has 2 aromatic rings. The fourth-order valence-electron chi connectivity index (χ4n) is 1.84. The molecule has 3 heteroatoms. The Balaban J connectivity index is 2.23. The van der Waals surface area contributed by atoms with Gasteiger partial charge in [-0.15, -0.1) is 0 Å². The van der Waals surface area contributed by atoms with Crippen LogP contribution in [-0.2, 0) is 13.0 Å². The summed E-state index contributed by atoms with van der Waals surface area (Å²) in [4.78, 5) is 10.3. The van der Waals surface area contributed by atoms with Crippen LogP contribution in [-0.4, -0.2) is 4.92 Å². The van der Waals surface area contributed by atoms with Gasteiger partial charge in [-0.1, -0.05) is 54.6 Å². The van der Waals surface area contributed by atoms with Crippen LogP contribution < -0.4 is 0 Å². The van der Waals surface area contributed by atoms with E-state index in [1.165, 1.54) is 5.56 Å². The molecule has 0 saturated carbocycles. The SMILES string of the molecule is O=[N+]([O-])Cc1ccccc1Cc1ccccc1. The van der Waals surface area contributed by atoms with E-state index in [0.29, 0.717) is 0 Å². The number of nitrogens with zero attached hydrogens (tertiary/aromatic N) is 1. The van der Waals surface area contributed by atoms with Gasteiger partial charge in [-0.25, -0.2) is 0 Å². The van der Waals surface area contributed by atoms with Crippen molar-refractivity contribution in [2.45, 2.75) is 13.0 Å². The molecule has 0 bridgehead atoms. The molecule has 0 saturated heterocycles. The Kier molecular flexibility index (Phi) is 3.50. The summed E-state index contributed by atoms with van der Waals surface area (Å²) >= 11 is 0. The van der Waals surface area contributed by atoms with Crippen LogP contribution in [0.1, 0.15) is 16.7 Å². The molecule has 0 aliphatic carbocycles. The lowest BCUT2D eigenvalue weighted by molar-refractivity contribution is -0.496. The molecule has 0 aliphatic heterocycles. The van der Waals surface area contributed by atoms with Gasteiger partial charge in [0.25, 0.3) is 0 Å². The highest BCUT2D eigenvalue weighted by atomic mass is 16.6. The maximum atomic E-state index is 10.6. The van der Waals surface area contributed by atoms with Crippen LogP contribution in [0.25, 0.3) is 0 Å². The molecule has 0 amide bonds. The summed E-state index contributed by atoms with van der Waals surface area (Å²) in [5.41, 5.74) is 2.99. The lowest BCUT2D eigenvalue weighted by Gasteiger charge is -2.06. The van der Waals surface area contributed by atoms with Crippen LogP contribution in [0.5, 0.6) is 0 Å². The first-order valence-electron chi connectivity index (χ1n) is 5.48. The van der Waals surface area contributed by atoms with E-state index in [9.17, 15) is 10.1 Å². The zero-order valence-electron chi connectivity index (χ0n) is 9.37. The number of rotatable bonds is 4. The van der Waals surface area contributed by atoms with Crippen LogP contribution in [0.3, 0.4) is 0 Å². The van der Waals surface area contributed by atoms with Crippen molar-refractivity contribution in [3.05, 3.63) is 81.4 Å². The maximum absolute atomic E-state index is 10.6. The number of hydrogen-bond acceptors (Lipinski definition) is 2. The Labute approximate surface area is 99.9 Å². The fourth-order valence-corrected chi connectivity index (χ4v) is 1.84. The third-order valence-corrected chi connectivity index (χ3v) is 2.66. The van der Waals surface area contributed by atoms with E-state index in [0.717, 1.165) is 17.5 Å². The van der Waals surface area contributed by atoms with E-state index in [4.69, 9.17) is 0 Å². The molecule has 0 N–H and O–H groups in total. The molecule has 2 rings (SSSR count). The van der Waals surface area contributed by atoms with Gasteiger partial charge in [-0.3, -0.25) is 10.1 Å². The Morgan fingerprint density at radius 3 is 2.12 bits per heavy atom. The van der Waals surface area contributed by atoms with Crippen LogP contribution in [0.4, 0.5) is 0 Å². The Morgan fingerprint density at radius 2 is 1.47 bits per heavy atom. The quantitative estimate of drug-likeness (QED) is 0.595. The maximum Gasteiger partial charge on any atom is 0.229 e. The van der Waals surface area contributed by atoms with Crippen molar-refractivity contribution in [3.8, 4) is 0 Å². The van der Waals surface area contributed by atoms with Crippen LogP contribution in [0.2, 0.25) is 0 Å². The van der Waals surface area contributed by atoms with Gasteiger partial charge in [0.2, 0.25) is 6.54 Å². The first kappa shape index (κ1) is 11.3. The van der Waals surface area contributed by atoms with Crippen LogP contribution >= 0.6 is 0 Å². The van der Waals surface area contributed by atoms with E-state index in [1.54, 1.807) is 0 Å². The van der Waals surface area contributed by atoms with Crippen LogP contribution in [0, 0.1) is 10.1 Å². The van der Waals surface area contributed by atoms with Gasteiger partial charge in [0.05, 0.1) is 0 Å². The van der Waals surface area contributed by atoms with Gasteiger partial charge in [-0.2, -0.15) is 0 Å². The lowest BCUT2D eigenvalue weighted by Crippen LogP contribution is -2.02. The van der Waals surface area contributed by atoms with Gasteiger partial charge >= 0.3 is 0 Å². The molecule has 0 spiro atoms. The molecule has 0 unspecified atom stereocenters. The normalized spacial score (nSPS) is 10.1. The molecule has 0 aromatic heterocycles. The van der Waals surface area contributed by atoms with E-state index < -0.39 is 0 Å². The first-order valence-corrected chi connectivity index (χ1v) is 5.48. The summed E-state index contributed by atoms with van der Waals surface area (Å²) in [5, 5.41) is 10.6. The van der Waals surface area contributed by atoms with Gasteiger partial charge in [0.1, 0.15) is 0 Å². The molecular weight excluding hydrogens is 214 g/mol. The summed E-state index contributed by atoms with van der Waals surface area (Å²) in [6, 6.07) is 17.5. The number of benzene rings is 2. The molecule has 0 aliphatic rings. The molecule has 3 nitrogen and oxygen atoms in total. The van der Waals surface area contributed by atoms with Crippen molar-refractivity contribution in [1.82, 2.24) is 0 Å². The molecule has 0 fully saturated rings. The summed E-state index contributed by atoms with van der Waals surface area (Å²) in [5.74, 6) is 0. The highest BCUT2D eigenvalue weighted by Crippen LogP contribution is 2.14. The Bertz CT molecular complexity index is 509. The summed E-state index contributed by atoms with van der Waals surface area (Å²) < 4.78 is 0. The predicted octanol–water partition coefficient (Wildman–Crippen LogP) is 3.05. The number of nitro groups is 1. The van der Waals surface area contributed by atoms with Crippen molar-refractivity contribution >= 4 is 0 Å². The van der Waals surface area contributed by atoms with Gasteiger partial charge < -0.3 is 0 Å². The van der Waals surface area contributed by atoms with E-state index >= 15 is 0 Å². The largest absolute Gasteiger partial charge is 0.264 e. The van der Waals surface area contributed by atoms with Crippen molar-refractivity contribution in [2.24, 2.45) is 0 Å². The lowest BCUT2D eigenvalue weighted by atomic mass is 10.00. The second kappa shape index (κ2) is 5.25. The summed E-state index contributed by atoms with van der Waals surface area (Å²) in [6.45, 7) is -0.108. The third kappa shape index (κ3) is 3.14. The van der Waals surface area contributed by atoms with Crippen molar-refractivity contribution < 1.29 is 4.92 Å². The van der Waals surface area contributed by atoms with Crippen molar-refractivity contribution in [3.63, 3.8) is 0 Å². The van der Waals surface area contributed by atoms with Crippen LogP contribution in [0.15, 0.2) is 54.6 Å². The fraction of sp³-hybridized carbons (Fsp3) is 0.143. The monoisotopic (exact) mass is 227 g/mol. The molecule has 2 aromatic carbocycles. The smallest absolute Gasteiger partial charge is 0.229 e.